The second-order valence-corrected chi connectivity index (χ2v) is 10.4. The van der Waals surface area contributed by atoms with E-state index in [4.69, 9.17) is 16.3 Å². The monoisotopic (exact) mass is 492 g/mol. The fourth-order valence-corrected chi connectivity index (χ4v) is 4.91. The molecule has 0 fully saturated rings. The van der Waals surface area contributed by atoms with E-state index in [9.17, 15) is 9.59 Å². The van der Waals surface area contributed by atoms with Crippen LogP contribution in [0.15, 0.2) is 66.7 Å². The molecule has 3 aromatic carbocycles. The Morgan fingerprint density at radius 3 is 2.00 bits per heavy atom. The number of ether oxygens (including phenoxy) is 1. The average molecular weight is 493 g/mol. The first kappa shape index (κ1) is 23.8. The van der Waals surface area contributed by atoms with Gasteiger partial charge in [0.25, 0.3) is 11.8 Å². The molecule has 0 aliphatic carbocycles. The minimum atomic E-state index is -0.291. The molecule has 0 unspecified atom stereocenters. The Kier molecular flexibility index (Phi) is 6.64. The molecule has 0 spiro atoms. The van der Waals surface area contributed by atoms with Gasteiger partial charge < -0.3 is 15.4 Å². The first-order chi connectivity index (χ1) is 16.2. The maximum atomic E-state index is 12.8. The number of fused-ring (bicyclic) bond motifs is 1. The third kappa shape index (κ3) is 5.08. The van der Waals surface area contributed by atoms with Gasteiger partial charge in [0.2, 0.25) is 0 Å². The van der Waals surface area contributed by atoms with Gasteiger partial charge >= 0.3 is 0 Å². The van der Waals surface area contributed by atoms with Crippen LogP contribution in [0.4, 0.5) is 11.4 Å². The van der Waals surface area contributed by atoms with Crippen LogP contribution in [0.3, 0.4) is 0 Å². The Labute approximate surface area is 207 Å². The van der Waals surface area contributed by atoms with E-state index >= 15 is 0 Å². The highest BCUT2D eigenvalue weighted by Crippen LogP contribution is 2.37. The van der Waals surface area contributed by atoms with E-state index in [-0.39, 0.29) is 17.2 Å². The van der Waals surface area contributed by atoms with Crippen molar-refractivity contribution in [2.45, 2.75) is 26.2 Å². The molecule has 0 radical (unpaired) electrons. The number of benzene rings is 3. The topological polar surface area (TPSA) is 67.4 Å². The van der Waals surface area contributed by atoms with Crippen LogP contribution in [0.2, 0.25) is 5.02 Å². The molecule has 2 amide bonds. The number of amides is 2. The summed E-state index contributed by atoms with van der Waals surface area (Å²) in [7, 11) is 1.60. The van der Waals surface area contributed by atoms with Crippen molar-refractivity contribution in [1.29, 1.82) is 0 Å². The average Bonchev–Trinajstić information content (AvgIpc) is 3.15. The third-order valence-corrected chi connectivity index (χ3v) is 7.11. The van der Waals surface area contributed by atoms with E-state index in [0.717, 1.165) is 10.1 Å². The maximum Gasteiger partial charge on any atom is 0.267 e. The minimum absolute atomic E-state index is 0.0300. The molecule has 0 saturated heterocycles. The number of hydrogen-bond acceptors (Lipinski definition) is 4. The summed E-state index contributed by atoms with van der Waals surface area (Å²) >= 11 is 7.76. The summed E-state index contributed by atoms with van der Waals surface area (Å²) in [5.41, 5.74) is 3.02. The molecule has 0 atom stereocenters. The van der Waals surface area contributed by atoms with Gasteiger partial charge in [-0.2, -0.15) is 0 Å². The van der Waals surface area contributed by atoms with Gasteiger partial charge in [0.05, 0.1) is 12.1 Å². The molecule has 5 nitrogen and oxygen atoms in total. The van der Waals surface area contributed by atoms with Gasteiger partial charge in [-0.25, -0.2) is 0 Å². The van der Waals surface area contributed by atoms with Crippen molar-refractivity contribution in [3.8, 4) is 5.75 Å². The summed E-state index contributed by atoms with van der Waals surface area (Å²) < 4.78 is 6.12. The number of carbonyl (C=O) groups excluding carboxylic acids is 2. The minimum Gasteiger partial charge on any atom is -0.497 e. The zero-order valence-corrected chi connectivity index (χ0v) is 20.9. The lowest BCUT2D eigenvalue weighted by Crippen LogP contribution is -2.14. The van der Waals surface area contributed by atoms with Gasteiger partial charge in [-0.15, -0.1) is 11.3 Å². The van der Waals surface area contributed by atoms with E-state index in [1.807, 2.05) is 42.5 Å². The van der Waals surface area contributed by atoms with Gasteiger partial charge in [0.15, 0.2) is 0 Å². The standard InChI is InChI=1S/C27H25ClN2O3S/c1-27(2,3)17-7-5-16(6-8-17)25(31)29-18-9-11-19(12-10-18)30-26(32)24-23(28)21-14-13-20(33-4)15-22(21)34-24/h5-15H,1-4H3,(H,29,31)(H,30,32). The van der Waals surface area contributed by atoms with Gasteiger partial charge in [0, 0.05) is 27.0 Å². The van der Waals surface area contributed by atoms with Crippen LogP contribution in [0.1, 0.15) is 46.4 Å². The molecular weight excluding hydrogens is 468 g/mol. The Morgan fingerprint density at radius 1 is 0.853 bits per heavy atom. The largest absolute Gasteiger partial charge is 0.497 e. The van der Waals surface area contributed by atoms with E-state index in [0.29, 0.717) is 32.6 Å². The molecule has 2 N–H and O–H groups in total. The van der Waals surface area contributed by atoms with Crippen molar-refractivity contribution in [3.05, 3.63) is 87.8 Å². The highest BCUT2D eigenvalue weighted by molar-refractivity contribution is 7.21. The van der Waals surface area contributed by atoms with E-state index < -0.39 is 0 Å². The summed E-state index contributed by atoms with van der Waals surface area (Å²) in [5, 5.41) is 6.98. The number of anilines is 2. The second kappa shape index (κ2) is 9.49. The molecule has 4 rings (SSSR count). The Balaban J connectivity index is 1.43. The number of nitrogens with one attached hydrogen (secondary N) is 2. The normalized spacial score (nSPS) is 11.3. The SMILES string of the molecule is COc1ccc2c(Cl)c(C(=O)Nc3ccc(NC(=O)c4ccc(C(C)(C)C)cc4)cc3)sc2c1. The van der Waals surface area contributed by atoms with E-state index in [1.165, 1.54) is 16.9 Å². The predicted octanol–water partition coefficient (Wildman–Crippen LogP) is 7.37. The van der Waals surface area contributed by atoms with E-state index in [2.05, 4.69) is 31.4 Å². The molecule has 34 heavy (non-hydrogen) atoms. The second-order valence-electron chi connectivity index (χ2n) is 8.92. The van der Waals surface area contributed by atoms with E-state index in [1.54, 1.807) is 31.4 Å². The summed E-state index contributed by atoms with van der Waals surface area (Å²) in [6, 6.07) is 20.1. The molecular formula is C27H25ClN2O3S. The van der Waals surface area contributed by atoms with Gasteiger partial charge in [0.1, 0.15) is 10.6 Å². The maximum absolute atomic E-state index is 12.8. The van der Waals surface area contributed by atoms with Crippen molar-refractivity contribution in [2.24, 2.45) is 0 Å². The number of hydrogen-bond donors (Lipinski definition) is 2. The fraction of sp³-hybridized carbons (Fsp3) is 0.185. The van der Waals surface area contributed by atoms with Crippen LogP contribution < -0.4 is 15.4 Å². The lowest BCUT2D eigenvalue weighted by molar-refractivity contribution is 0.102. The number of methoxy groups -OCH3 is 1. The first-order valence-corrected chi connectivity index (χ1v) is 11.9. The Bertz CT molecular complexity index is 1350. The lowest BCUT2D eigenvalue weighted by atomic mass is 9.87. The molecule has 7 heteroatoms. The van der Waals surface area contributed by atoms with Crippen molar-refractivity contribution in [1.82, 2.24) is 0 Å². The lowest BCUT2D eigenvalue weighted by Gasteiger charge is -2.19. The molecule has 1 aromatic heterocycles. The first-order valence-electron chi connectivity index (χ1n) is 10.7. The number of halogens is 1. The van der Waals surface area contributed by atoms with Crippen LogP contribution in [0.25, 0.3) is 10.1 Å². The quantitative estimate of drug-likeness (QED) is 0.305. The molecule has 0 aliphatic heterocycles. The molecule has 0 saturated carbocycles. The summed E-state index contributed by atoms with van der Waals surface area (Å²) in [4.78, 5) is 25.8. The van der Waals surface area contributed by atoms with Crippen molar-refractivity contribution >= 4 is 56.2 Å². The Hall–Kier alpha value is -3.35. The van der Waals surface area contributed by atoms with Crippen molar-refractivity contribution < 1.29 is 14.3 Å². The summed E-state index contributed by atoms with van der Waals surface area (Å²) in [5.74, 6) is 0.228. The van der Waals surface area contributed by atoms with Crippen LogP contribution in [0, 0.1) is 0 Å². The highest BCUT2D eigenvalue weighted by Gasteiger charge is 2.18. The summed E-state index contributed by atoms with van der Waals surface area (Å²) in [6.07, 6.45) is 0. The Morgan fingerprint density at radius 2 is 1.44 bits per heavy atom. The zero-order chi connectivity index (χ0) is 24.5. The molecule has 4 aromatic rings. The highest BCUT2D eigenvalue weighted by atomic mass is 35.5. The van der Waals surface area contributed by atoms with Crippen LogP contribution >= 0.6 is 22.9 Å². The fourth-order valence-electron chi connectivity index (χ4n) is 3.47. The van der Waals surface area contributed by atoms with Crippen LogP contribution in [-0.4, -0.2) is 18.9 Å². The van der Waals surface area contributed by atoms with Crippen molar-refractivity contribution in [3.63, 3.8) is 0 Å². The van der Waals surface area contributed by atoms with Crippen LogP contribution in [-0.2, 0) is 5.41 Å². The van der Waals surface area contributed by atoms with Gasteiger partial charge in [-0.1, -0.05) is 44.5 Å². The van der Waals surface area contributed by atoms with Crippen LogP contribution in [0.5, 0.6) is 5.75 Å². The van der Waals surface area contributed by atoms with Crippen molar-refractivity contribution in [2.75, 3.05) is 17.7 Å². The summed E-state index contributed by atoms with van der Waals surface area (Å²) in [6.45, 7) is 6.40. The van der Waals surface area contributed by atoms with Gasteiger partial charge in [-0.05, 0) is 65.6 Å². The molecule has 174 valence electrons. The third-order valence-electron chi connectivity index (χ3n) is 5.46. The molecule has 0 aliphatic rings. The number of rotatable bonds is 5. The molecule has 1 heterocycles. The predicted molar refractivity (Wildman–Crippen MR) is 141 cm³/mol. The molecule has 0 bridgehead atoms. The number of carbonyl (C=O) groups is 2. The zero-order valence-electron chi connectivity index (χ0n) is 19.4. The smallest absolute Gasteiger partial charge is 0.267 e. The number of thiophene rings is 1. The van der Waals surface area contributed by atoms with Gasteiger partial charge in [-0.3, -0.25) is 9.59 Å².